The number of rotatable bonds is 5. The van der Waals surface area contributed by atoms with Gasteiger partial charge in [-0.2, -0.15) is 0 Å². The topological polar surface area (TPSA) is 49.3 Å². The van der Waals surface area contributed by atoms with Crippen LogP contribution in [0.1, 0.15) is 12.0 Å². The molecular formula is C11H15NO2. The first-order valence-corrected chi connectivity index (χ1v) is 4.66. The summed E-state index contributed by atoms with van der Waals surface area (Å²) in [6, 6.07) is 6.74. The molecule has 2 N–H and O–H groups in total. The molecule has 0 radical (unpaired) electrons. The summed E-state index contributed by atoms with van der Waals surface area (Å²) in [6.07, 6.45) is 0.999. The Labute approximate surface area is 83.8 Å². The predicted octanol–water partition coefficient (Wildman–Crippen LogP) is 1.11. The number of aromatic hydroxyl groups is 1. The molecule has 0 aliphatic carbocycles. The predicted molar refractivity (Wildman–Crippen MR) is 55.4 cm³/mol. The van der Waals surface area contributed by atoms with Crippen molar-refractivity contribution in [2.75, 3.05) is 13.6 Å². The van der Waals surface area contributed by atoms with E-state index in [2.05, 4.69) is 5.32 Å². The van der Waals surface area contributed by atoms with Crippen molar-refractivity contribution in [2.24, 2.45) is 0 Å². The average Bonchev–Trinajstić information content (AvgIpc) is 2.18. The maximum absolute atomic E-state index is 11.4. The van der Waals surface area contributed by atoms with Gasteiger partial charge in [0, 0.05) is 19.4 Å². The van der Waals surface area contributed by atoms with Crippen LogP contribution in [0.15, 0.2) is 24.3 Å². The van der Waals surface area contributed by atoms with Gasteiger partial charge >= 0.3 is 0 Å². The summed E-state index contributed by atoms with van der Waals surface area (Å²) >= 11 is 0. The number of carbonyl (C=O) groups is 1. The van der Waals surface area contributed by atoms with Gasteiger partial charge in [0.1, 0.15) is 11.5 Å². The van der Waals surface area contributed by atoms with Crippen molar-refractivity contribution in [1.82, 2.24) is 5.32 Å². The molecule has 0 amide bonds. The molecule has 0 aliphatic heterocycles. The molecule has 0 heterocycles. The monoisotopic (exact) mass is 193 g/mol. The minimum atomic E-state index is 0.213. The highest BCUT2D eigenvalue weighted by molar-refractivity contribution is 5.81. The molecule has 0 saturated heterocycles. The Kier molecular flexibility index (Phi) is 4.13. The fraction of sp³-hybridized carbons (Fsp3) is 0.364. The molecule has 0 spiro atoms. The molecule has 3 heteroatoms. The van der Waals surface area contributed by atoms with Crippen LogP contribution in [0, 0.1) is 0 Å². The summed E-state index contributed by atoms with van der Waals surface area (Å²) in [5, 5.41) is 12.0. The summed E-state index contributed by atoms with van der Waals surface area (Å²) in [7, 11) is 1.83. The van der Waals surface area contributed by atoms with Gasteiger partial charge in [0.2, 0.25) is 0 Å². The van der Waals surface area contributed by atoms with Crippen molar-refractivity contribution in [3.8, 4) is 5.75 Å². The van der Waals surface area contributed by atoms with Crippen molar-refractivity contribution in [2.45, 2.75) is 12.8 Å². The largest absolute Gasteiger partial charge is 0.508 e. The quantitative estimate of drug-likeness (QED) is 0.736. The van der Waals surface area contributed by atoms with E-state index in [0.717, 1.165) is 12.1 Å². The molecule has 1 rings (SSSR count). The van der Waals surface area contributed by atoms with Gasteiger partial charge < -0.3 is 10.4 Å². The maximum Gasteiger partial charge on any atom is 0.138 e. The van der Waals surface area contributed by atoms with E-state index in [1.807, 2.05) is 7.05 Å². The van der Waals surface area contributed by atoms with Crippen LogP contribution in [0.3, 0.4) is 0 Å². The fourth-order valence-electron chi connectivity index (χ4n) is 1.19. The number of ketones is 1. The molecule has 76 valence electrons. The summed E-state index contributed by atoms with van der Waals surface area (Å²) in [5.41, 5.74) is 0.948. The minimum absolute atomic E-state index is 0.213. The van der Waals surface area contributed by atoms with Crippen molar-refractivity contribution in [3.63, 3.8) is 0 Å². The highest BCUT2D eigenvalue weighted by atomic mass is 16.3. The van der Waals surface area contributed by atoms with Gasteiger partial charge in [-0.15, -0.1) is 0 Å². The standard InChI is InChI=1S/C11H15NO2/c1-12-7-6-11(14)8-9-2-4-10(13)5-3-9/h2-5,12-13H,6-8H2,1H3. The Morgan fingerprint density at radius 3 is 2.57 bits per heavy atom. The van der Waals surface area contributed by atoms with E-state index < -0.39 is 0 Å². The van der Waals surface area contributed by atoms with Crippen LogP contribution in [0.25, 0.3) is 0 Å². The Morgan fingerprint density at radius 2 is 2.00 bits per heavy atom. The lowest BCUT2D eigenvalue weighted by atomic mass is 10.1. The summed E-state index contributed by atoms with van der Waals surface area (Å²) in [6.45, 7) is 0.719. The van der Waals surface area contributed by atoms with Gasteiger partial charge in [0.15, 0.2) is 0 Å². The van der Waals surface area contributed by atoms with Gasteiger partial charge in [-0.1, -0.05) is 12.1 Å². The molecular weight excluding hydrogens is 178 g/mol. The van der Waals surface area contributed by atoms with Crippen molar-refractivity contribution < 1.29 is 9.90 Å². The summed E-state index contributed by atoms with van der Waals surface area (Å²) in [4.78, 5) is 11.4. The molecule has 1 aromatic carbocycles. The van der Waals surface area contributed by atoms with E-state index >= 15 is 0 Å². The molecule has 0 saturated carbocycles. The van der Waals surface area contributed by atoms with Crippen LogP contribution in [0.4, 0.5) is 0 Å². The normalized spacial score (nSPS) is 10.1. The Balaban J connectivity index is 2.44. The molecule has 0 atom stereocenters. The first-order valence-electron chi connectivity index (χ1n) is 4.66. The Bertz CT molecular complexity index is 293. The van der Waals surface area contributed by atoms with Gasteiger partial charge in [-0.25, -0.2) is 0 Å². The van der Waals surface area contributed by atoms with Crippen LogP contribution < -0.4 is 5.32 Å². The number of phenolic OH excluding ortho intramolecular Hbond substituents is 1. The van der Waals surface area contributed by atoms with Crippen molar-refractivity contribution in [3.05, 3.63) is 29.8 Å². The summed E-state index contributed by atoms with van der Waals surface area (Å²) in [5.74, 6) is 0.446. The number of carbonyl (C=O) groups excluding carboxylic acids is 1. The second kappa shape index (κ2) is 5.40. The second-order valence-electron chi connectivity index (χ2n) is 3.24. The zero-order valence-electron chi connectivity index (χ0n) is 8.29. The molecule has 3 nitrogen and oxygen atoms in total. The van der Waals surface area contributed by atoms with E-state index in [9.17, 15) is 4.79 Å². The number of benzene rings is 1. The maximum atomic E-state index is 11.4. The van der Waals surface area contributed by atoms with Crippen LogP contribution in [0.2, 0.25) is 0 Å². The molecule has 0 unspecified atom stereocenters. The second-order valence-corrected chi connectivity index (χ2v) is 3.24. The SMILES string of the molecule is CNCCC(=O)Cc1ccc(O)cc1. The van der Waals surface area contributed by atoms with Crippen molar-refractivity contribution >= 4 is 5.78 Å². The smallest absolute Gasteiger partial charge is 0.138 e. The van der Waals surface area contributed by atoms with Gasteiger partial charge in [0.05, 0.1) is 0 Å². The Morgan fingerprint density at radius 1 is 1.36 bits per heavy atom. The lowest BCUT2D eigenvalue weighted by molar-refractivity contribution is -0.118. The van der Waals surface area contributed by atoms with E-state index in [0.29, 0.717) is 12.8 Å². The first kappa shape index (κ1) is 10.7. The van der Waals surface area contributed by atoms with E-state index in [1.54, 1.807) is 24.3 Å². The first-order chi connectivity index (χ1) is 6.72. The van der Waals surface area contributed by atoms with E-state index in [4.69, 9.17) is 5.11 Å². The van der Waals surface area contributed by atoms with Crippen LogP contribution >= 0.6 is 0 Å². The third kappa shape index (κ3) is 3.58. The number of hydrogen-bond acceptors (Lipinski definition) is 3. The lowest BCUT2D eigenvalue weighted by Gasteiger charge is -2.01. The third-order valence-electron chi connectivity index (χ3n) is 1.99. The Hall–Kier alpha value is -1.35. The van der Waals surface area contributed by atoms with Gasteiger partial charge in [-0.3, -0.25) is 4.79 Å². The minimum Gasteiger partial charge on any atom is -0.508 e. The molecule has 14 heavy (non-hydrogen) atoms. The molecule has 0 aliphatic rings. The number of Topliss-reactive ketones (excluding diaryl/α,β-unsaturated/α-hetero) is 1. The van der Waals surface area contributed by atoms with Crippen LogP contribution in [-0.4, -0.2) is 24.5 Å². The van der Waals surface area contributed by atoms with Crippen molar-refractivity contribution in [1.29, 1.82) is 0 Å². The van der Waals surface area contributed by atoms with Gasteiger partial charge in [0.25, 0.3) is 0 Å². The molecule has 0 aromatic heterocycles. The van der Waals surface area contributed by atoms with E-state index in [1.165, 1.54) is 0 Å². The lowest BCUT2D eigenvalue weighted by Crippen LogP contribution is -2.14. The fourth-order valence-corrected chi connectivity index (χ4v) is 1.19. The zero-order valence-corrected chi connectivity index (χ0v) is 8.29. The average molecular weight is 193 g/mol. The highest BCUT2D eigenvalue weighted by Crippen LogP contribution is 2.10. The zero-order chi connectivity index (χ0) is 10.4. The molecule has 1 aromatic rings. The van der Waals surface area contributed by atoms with Crippen LogP contribution in [0.5, 0.6) is 5.75 Å². The molecule has 0 bridgehead atoms. The number of nitrogens with one attached hydrogen (secondary N) is 1. The highest BCUT2D eigenvalue weighted by Gasteiger charge is 2.02. The number of hydrogen-bond donors (Lipinski definition) is 2. The van der Waals surface area contributed by atoms with E-state index in [-0.39, 0.29) is 11.5 Å². The number of phenols is 1. The summed E-state index contributed by atoms with van der Waals surface area (Å²) < 4.78 is 0. The molecule has 0 fully saturated rings. The van der Waals surface area contributed by atoms with Crippen LogP contribution in [-0.2, 0) is 11.2 Å². The van der Waals surface area contributed by atoms with Gasteiger partial charge in [-0.05, 0) is 24.7 Å². The third-order valence-corrected chi connectivity index (χ3v) is 1.99.